The van der Waals surface area contributed by atoms with Crippen LogP contribution in [0.3, 0.4) is 0 Å². The molecule has 0 radical (unpaired) electrons. The minimum atomic E-state index is -1.98. The molecule has 3 rings (SSSR count). The van der Waals surface area contributed by atoms with Crippen molar-refractivity contribution in [2.75, 3.05) is 25.7 Å². The molecule has 0 amide bonds. The minimum Gasteiger partial charge on any atom is -0.496 e. The van der Waals surface area contributed by atoms with Gasteiger partial charge in [-0.25, -0.2) is 4.98 Å². The Balaban J connectivity index is 2.30. The minimum absolute atomic E-state index is 0.0114. The van der Waals surface area contributed by atoms with E-state index in [9.17, 15) is 15.5 Å². The van der Waals surface area contributed by atoms with Crippen molar-refractivity contribution in [1.82, 2.24) is 9.97 Å². The monoisotopic (exact) mass is 761 g/mol. The molecule has 0 fully saturated rings. The first-order valence-electron chi connectivity index (χ1n) is 11.8. The van der Waals surface area contributed by atoms with Crippen LogP contribution in [0.1, 0.15) is 31.4 Å². The van der Waals surface area contributed by atoms with Gasteiger partial charge in [-0.2, -0.15) is 10.2 Å². The van der Waals surface area contributed by atoms with Crippen molar-refractivity contribution in [3.05, 3.63) is 48.7 Å². The summed E-state index contributed by atoms with van der Waals surface area (Å²) < 4.78 is 24.9. The van der Waals surface area contributed by atoms with Crippen LogP contribution in [0, 0.1) is 18.5 Å². The summed E-state index contributed by atoms with van der Waals surface area (Å²) in [7, 11) is 3.03. The Morgan fingerprint density at radius 3 is 2.15 bits per heavy atom. The lowest BCUT2D eigenvalue weighted by atomic mass is 9.86. The maximum atomic E-state index is 11.4. The second-order valence-electron chi connectivity index (χ2n) is 8.58. The fraction of sp³-hybridized carbons (Fsp3) is 0.346. The molecule has 13 heteroatoms. The molecule has 11 nitrogen and oxygen atoms in total. The molecule has 0 spiro atoms. The van der Waals surface area contributed by atoms with Gasteiger partial charge in [-0.05, 0) is 82.8 Å². The zero-order valence-electron chi connectivity index (χ0n) is 21.7. The molecule has 3 aromatic rings. The van der Waals surface area contributed by atoms with E-state index in [0.717, 1.165) is 0 Å². The number of methoxy groups -OCH3 is 2. The van der Waals surface area contributed by atoms with Crippen LogP contribution in [0.25, 0.3) is 0 Å². The van der Waals surface area contributed by atoms with Gasteiger partial charge in [0.1, 0.15) is 35.2 Å². The lowest BCUT2D eigenvalue weighted by Gasteiger charge is -2.34. The van der Waals surface area contributed by atoms with E-state index in [1.165, 1.54) is 13.3 Å². The van der Waals surface area contributed by atoms with Gasteiger partial charge in [0.25, 0.3) is 0 Å². The van der Waals surface area contributed by atoms with E-state index in [0.29, 0.717) is 24.2 Å². The number of aliphatic hydroxyl groups is 2. The van der Waals surface area contributed by atoms with Crippen molar-refractivity contribution in [2.24, 2.45) is 0 Å². The number of nitriles is 1. The molecule has 0 saturated carbocycles. The van der Waals surface area contributed by atoms with Gasteiger partial charge in [-0.15, -0.1) is 0 Å². The van der Waals surface area contributed by atoms with Crippen molar-refractivity contribution in [3.63, 3.8) is 0 Å². The van der Waals surface area contributed by atoms with Gasteiger partial charge in [0, 0.05) is 12.0 Å². The topological polar surface area (TPSA) is 179 Å². The summed E-state index contributed by atoms with van der Waals surface area (Å²) in [6.45, 7) is 3.37. The van der Waals surface area contributed by atoms with E-state index < -0.39 is 17.8 Å². The van der Waals surface area contributed by atoms with Crippen molar-refractivity contribution >= 4 is 56.9 Å². The Hall–Kier alpha value is -2.81. The molecule has 3 atom stereocenters. The Morgan fingerprint density at radius 1 is 1.00 bits per heavy atom. The Morgan fingerprint density at radius 2 is 1.62 bits per heavy atom. The van der Waals surface area contributed by atoms with Gasteiger partial charge in [0.2, 0.25) is 11.5 Å². The van der Waals surface area contributed by atoms with Gasteiger partial charge >= 0.3 is 0 Å². The number of hydrogen-bond acceptors (Lipinski definition) is 11. The number of ether oxygens (including phenoxy) is 4. The summed E-state index contributed by atoms with van der Waals surface area (Å²) in [6.07, 6.45) is -0.335. The van der Waals surface area contributed by atoms with Gasteiger partial charge in [0.05, 0.1) is 39.2 Å². The van der Waals surface area contributed by atoms with Gasteiger partial charge in [0.15, 0.2) is 11.6 Å². The summed E-state index contributed by atoms with van der Waals surface area (Å²) in [5, 5.41) is 32.2. The molecule has 2 aromatic carbocycles. The van der Waals surface area contributed by atoms with E-state index >= 15 is 0 Å². The third-order valence-electron chi connectivity index (χ3n) is 5.82. The number of benzene rings is 2. The number of aromatic nitrogens is 2. The summed E-state index contributed by atoms with van der Waals surface area (Å²) in [6, 6.07) is 8.84. The number of nitrogens with zero attached hydrogens (tertiary/aromatic N) is 3. The Kier molecular flexibility index (Phi) is 10.3. The number of nitrogens with two attached hydrogens (primary N) is 2. The molecule has 208 valence electrons. The third kappa shape index (κ3) is 6.68. The third-order valence-corrected chi connectivity index (χ3v) is 7.50. The second-order valence-corrected chi connectivity index (χ2v) is 10.9. The lowest BCUT2D eigenvalue weighted by Crippen LogP contribution is -2.44. The fourth-order valence-corrected chi connectivity index (χ4v) is 5.21. The maximum absolute atomic E-state index is 11.4. The van der Waals surface area contributed by atoms with Crippen LogP contribution in [-0.2, 0) is 12.0 Å². The van der Waals surface area contributed by atoms with Crippen LogP contribution in [0.4, 0.5) is 11.8 Å². The van der Waals surface area contributed by atoms with Gasteiger partial charge in [-0.3, -0.25) is 0 Å². The van der Waals surface area contributed by atoms with Crippen molar-refractivity contribution in [2.45, 2.75) is 44.5 Å². The van der Waals surface area contributed by atoms with Crippen LogP contribution in [0.15, 0.2) is 30.5 Å². The van der Waals surface area contributed by atoms with Crippen LogP contribution in [-0.4, -0.2) is 46.6 Å². The normalized spacial score (nSPS) is 14.0. The molecule has 1 aromatic heterocycles. The van der Waals surface area contributed by atoms with E-state index in [1.807, 2.05) is 0 Å². The highest BCUT2D eigenvalue weighted by molar-refractivity contribution is 14.1. The predicted octanol–water partition coefficient (Wildman–Crippen LogP) is 4.15. The number of halogens is 2. The van der Waals surface area contributed by atoms with Crippen LogP contribution < -0.4 is 30.4 Å². The predicted molar refractivity (Wildman–Crippen MR) is 162 cm³/mol. The summed E-state index contributed by atoms with van der Waals surface area (Å²) in [5.41, 5.74) is 10.4. The molecule has 1 heterocycles. The highest BCUT2D eigenvalue weighted by atomic mass is 127. The summed E-state index contributed by atoms with van der Waals surface area (Å²) >= 11 is 4.15. The summed E-state index contributed by atoms with van der Waals surface area (Å²) in [5.74, 6) is 1.51. The molecule has 0 aliphatic rings. The van der Waals surface area contributed by atoms with E-state index in [4.69, 9.17) is 30.4 Å². The van der Waals surface area contributed by atoms with Crippen molar-refractivity contribution < 1.29 is 29.2 Å². The lowest BCUT2D eigenvalue weighted by molar-refractivity contribution is -0.0220. The first-order chi connectivity index (χ1) is 18.5. The number of aliphatic hydroxyl groups excluding tert-OH is 2. The first kappa shape index (κ1) is 30.7. The Bertz CT molecular complexity index is 1380. The molecule has 6 N–H and O–H groups in total. The standard InChI is InChI=1S/C26H29I2N5O6/c1-5-23(35)26(12-29,39-18-9-16(27)20(36-3)7-14(18)6-13(2)34)15-8-21(37-4)17(28)10-19(15)38-22-11-32-25(31)33-24(22)30/h7-11,13,23,34-35H,5-6H2,1-4H3,(H4,30,31,32,33). The number of nitrogen functional groups attached to an aromatic ring is 2. The molecular formula is C26H29I2N5O6. The van der Waals surface area contributed by atoms with Gasteiger partial charge in [-0.1, -0.05) is 6.92 Å². The molecule has 0 bridgehead atoms. The zero-order chi connectivity index (χ0) is 28.9. The molecule has 3 unspecified atom stereocenters. The molecule has 0 aliphatic heterocycles. The largest absolute Gasteiger partial charge is 0.496 e. The number of rotatable bonds is 11. The molecule has 39 heavy (non-hydrogen) atoms. The van der Waals surface area contributed by atoms with Crippen LogP contribution >= 0.6 is 45.2 Å². The van der Waals surface area contributed by atoms with Gasteiger partial charge < -0.3 is 40.6 Å². The summed E-state index contributed by atoms with van der Waals surface area (Å²) in [4.78, 5) is 7.87. The van der Waals surface area contributed by atoms with E-state index in [-0.39, 0.29) is 47.4 Å². The van der Waals surface area contributed by atoms with E-state index in [1.54, 1.807) is 45.2 Å². The molecule has 0 saturated heterocycles. The van der Waals surface area contributed by atoms with Crippen molar-refractivity contribution in [3.8, 4) is 34.8 Å². The molecular weight excluding hydrogens is 732 g/mol. The highest BCUT2D eigenvalue weighted by Gasteiger charge is 2.46. The SMILES string of the molecule is CCC(O)C(C#N)(Oc1cc(I)c(OC)cc1CC(C)O)c1cc(OC)c(I)cc1Oc1cnc(N)nc1N. The smallest absolute Gasteiger partial charge is 0.248 e. The average Bonchev–Trinajstić information content (AvgIpc) is 2.89. The van der Waals surface area contributed by atoms with E-state index in [2.05, 4.69) is 61.2 Å². The second kappa shape index (κ2) is 13.0. The quantitative estimate of drug-likeness (QED) is 0.206. The average molecular weight is 761 g/mol. The zero-order valence-corrected chi connectivity index (χ0v) is 26.1. The fourth-order valence-electron chi connectivity index (χ4n) is 3.89. The Labute approximate surface area is 253 Å². The number of hydrogen-bond donors (Lipinski definition) is 4. The van der Waals surface area contributed by atoms with Crippen LogP contribution in [0.5, 0.6) is 28.7 Å². The van der Waals surface area contributed by atoms with Crippen LogP contribution in [0.2, 0.25) is 0 Å². The van der Waals surface area contributed by atoms with Crippen molar-refractivity contribution in [1.29, 1.82) is 5.26 Å². The highest BCUT2D eigenvalue weighted by Crippen LogP contribution is 2.45. The number of anilines is 2. The maximum Gasteiger partial charge on any atom is 0.248 e. The first-order valence-corrected chi connectivity index (χ1v) is 13.9. The molecule has 0 aliphatic carbocycles.